The van der Waals surface area contributed by atoms with Crippen molar-refractivity contribution in [2.45, 2.75) is 26.2 Å². The Labute approximate surface area is 139 Å². The maximum Gasteiger partial charge on any atom is 0.274 e. The summed E-state index contributed by atoms with van der Waals surface area (Å²) in [5.74, 6) is 1.83. The summed E-state index contributed by atoms with van der Waals surface area (Å²) in [7, 11) is 0. The molecule has 1 aliphatic heterocycles. The van der Waals surface area contributed by atoms with Crippen molar-refractivity contribution in [3.8, 4) is 11.6 Å². The second-order valence-electron chi connectivity index (χ2n) is 6.32. The first kappa shape index (κ1) is 15.1. The van der Waals surface area contributed by atoms with Crippen molar-refractivity contribution in [2.75, 3.05) is 13.2 Å². The smallest absolute Gasteiger partial charge is 0.274 e. The molecule has 0 atom stereocenters. The monoisotopic (exact) mass is 325 g/mol. The summed E-state index contributed by atoms with van der Waals surface area (Å²) in [6.07, 6.45) is 2.91. The molecule has 0 amide bonds. The lowest BCUT2D eigenvalue weighted by atomic mass is 9.96. The van der Waals surface area contributed by atoms with Crippen LogP contribution in [0.25, 0.3) is 22.5 Å². The van der Waals surface area contributed by atoms with E-state index in [1.807, 2.05) is 24.3 Å². The van der Waals surface area contributed by atoms with Gasteiger partial charge < -0.3 is 14.2 Å². The van der Waals surface area contributed by atoms with Crippen molar-refractivity contribution >= 4 is 16.7 Å². The molecule has 0 radical (unpaired) electrons. The number of H-pyrrole nitrogens is 1. The Morgan fingerprint density at radius 3 is 2.92 bits per heavy atom. The zero-order valence-corrected chi connectivity index (χ0v) is 13.5. The Morgan fingerprint density at radius 1 is 1.29 bits per heavy atom. The van der Waals surface area contributed by atoms with Crippen LogP contribution in [0, 0.1) is 5.92 Å². The summed E-state index contributed by atoms with van der Waals surface area (Å²) in [6.45, 7) is 3.19. The van der Waals surface area contributed by atoms with Crippen LogP contribution in [0.1, 0.15) is 35.9 Å². The fraction of sp³-hybridized carbons (Fsp3) is 0.389. The summed E-state index contributed by atoms with van der Waals surface area (Å²) >= 11 is 0. The van der Waals surface area contributed by atoms with E-state index in [0.29, 0.717) is 17.4 Å². The van der Waals surface area contributed by atoms with Gasteiger partial charge in [-0.15, -0.1) is 0 Å². The second-order valence-corrected chi connectivity index (χ2v) is 6.32. The van der Waals surface area contributed by atoms with E-state index in [0.717, 1.165) is 54.9 Å². The highest BCUT2D eigenvalue weighted by atomic mass is 16.5. The van der Waals surface area contributed by atoms with E-state index in [1.54, 1.807) is 6.92 Å². The number of fused-ring (bicyclic) bond motifs is 1. The van der Waals surface area contributed by atoms with Crippen molar-refractivity contribution in [1.82, 2.24) is 15.1 Å². The highest BCUT2D eigenvalue weighted by Gasteiger charge is 2.18. The van der Waals surface area contributed by atoms with Gasteiger partial charge in [0.15, 0.2) is 11.6 Å². The van der Waals surface area contributed by atoms with Gasteiger partial charge >= 0.3 is 0 Å². The van der Waals surface area contributed by atoms with E-state index >= 15 is 0 Å². The molecule has 0 aliphatic carbocycles. The average molecular weight is 325 g/mol. The number of rotatable bonds is 4. The van der Waals surface area contributed by atoms with Gasteiger partial charge in [-0.2, -0.15) is 4.98 Å². The quantitative estimate of drug-likeness (QED) is 0.744. The topological polar surface area (TPSA) is 81.0 Å². The van der Waals surface area contributed by atoms with Crippen molar-refractivity contribution in [3.63, 3.8) is 0 Å². The lowest BCUT2D eigenvalue weighted by Gasteiger charge is -2.20. The van der Waals surface area contributed by atoms with Gasteiger partial charge in [-0.1, -0.05) is 17.3 Å². The van der Waals surface area contributed by atoms with Crippen molar-refractivity contribution in [3.05, 3.63) is 35.7 Å². The van der Waals surface area contributed by atoms with E-state index in [4.69, 9.17) is 9.26 Å². The number of aromatic amines is 1. The molecule has 124 valence electrons. The zero-order valence-electron chi connectivity index (χ0n) is 13.5. The van der Waals surface area contributed by atoms with E-state index in [-0.39, 0.29) is 5.78 Å². The molecular weight excluding hydrogens is 306 g/mol. The van der Waals surface area contributed by atoms with Crippen LogP contribution >= 0.6 is 0 Å². The van der Waals surface area contributed by atoms with Gasteiger partial charge in [0.2, 0.25) is 0 Å². The van der Waals surface area contributed by atoms with Gasteiger partial charge in [-0.05, 0) is 37.8 Å². The van der Waals surface area contributed by atoms with Gasteiger partial charge in [0.1, 0.15) is 5.69 Å². The number of carbonyl (C=O) groups excluding carboxylic acids is 1. The normalized spacial score (nSPS) is 15.9. The summed E-state index contributed by atoms with van der Waals surface area (Å²) in [6, 6.07) is 7.56. The highest BCUT2D eigenvalue weighted by Crippen LogP contribution is 2.25. The third-order valence-electron chi connectivity index (χ3n) is 4.54. The largest absolute Gasteiger partial charge is 0.381 e. The summed E-state index contributed by atoms with van der Waals surface area (Å²) in [4.78, 5) is 19.3. The molecule has 2 aromatic heterocycles. The first-order valence-corrected chi connectivity index (χ1v) is 8.23. The molecule has 4 rings (SSSR count). The van der Waals surface area contributed by atoms with Crippen LogP contribution < -0.4 is 0 Å². The van der Waals surface area contributed by atoms with Crippen LogP contribution in [0.2, 0.25) is 0 Å². The molecule has 3 heterocycles. The number of benzene rings is 1. The lowest BCUT2D eigenvalue weighted by molar-refractivity contribution is 0.0658. The van der Waals surface area contributed by atoms with E-state index in [9.17, 15) is 4.79 Å². The van der Waals surface area contributed by atoms with Crippen LogP contribution in [-0.4, -0.2) is 34.1 Å². The molecule has 0 bridgehead atoms. The van der Waals surface area contributed by atoms with Crippen molar-refractivity contribution < 1.29 is 14.1 Å². The molecule has 0 spiro atoms. The molecular formula is C18H19N3O3. The van der Waals surface area contributed by atoms with Crippen LogP contribution in [0.4, 0.5) is 0 Å². The molecule has 1 fully saturated rings. The van der Waals surface area contributed by atoms with Gasteiger partial charge in [0.25, 0.3) is 5.89 Å². The summed E-state index contributed by atoms with van der Waals surface area (Å²) < 4.78 is 10.8. The number of nitrogens with one attached hydrogen (secondary N) is 1. The maximum absolute atomic E-state index is 11.5. The van der Waals surface area contributed by atoms with E-state index < -0.39 is 0 Å². The second kappa shape index (κ2) is 6.20. The molecule has 1 saturated heterocycles. The molecule has 3 aromatic rings. The molecule has 1 aromatic carbocycles. The fourth-order valence-corrected chi connectivity index (χ4v) is 3.12. The number of hydrogen-bond acceptors (Lipinski definition) is 5. The Morgan fingerprint density at radius 2 is 2.12 bits per heavy atom. The van der Waals surface area contributed by atoms with Gasteiger partial charge in [-0.25, -0.2) is 0 Å². The first-order chi connectivity index (χ1) is 11.7. The van der Waals surface area contributed by atoms with Gasteiger partial charge in [0, 0.05) is 36.1 Å². The molecule has 0 unspecified atom stereocenters. The Balaban J connectivity index is 1.57. The highest BCUT2D eigenvalue weighted by molar-refractivity contribution is 5.98. The minimum atomic E-state index is 0.0459. The Kier molecular flexibility index (Phi) is 3.90. The Bertz CT molecular complexity index is 875. The minimum Gasteiger partial charge on any atom is -0.381 e. The molecule has 24 heavy (non-hydrogen) atoms. The number of hydrogen-bond donors (Lipinski definition) is 1. The minimum absolute atomic E-state index is 0.0459. The van der Waals surface area contributed by atoms with Crippen LogP contribution in [-0.2, 0) is 11.2 Å². The lowest BCUT2D eigenvalue weighted by Crippen LogP contribution is -2.18. The molecule has 1 aliphatic rings. The predicted octanol–water partition coefficient (Wildman–Crippen LogP) is 3.39. The number of carbonyl (C=O) groups is 1. The standard InChI is InChI=1S/C18H19N3O3/c1-11(22)13-2-3-14-10-16(19-15(14)9-13)18-20-17(21-24-18)8-12-4-6-23-7-5-12/h2-3,9-10,12,19H,4-8H2,1H3. The third kappa shape index (κ3) is 2.97. The number of ether oxygens (including phenoxy) is 1. The maximum atomic E-state index is 11.5. The van der Waals surface area contributed by atoms with E-state index in [1.165, 1.54) is 0 Å². The summed E-state index contributed by atoms with van der Waals surface area (Å²) in [5.41, 5.74) is 2.35. The number of aromatic nitrogens is 3. The van der Waals surface area contributed by atoms with Crippen LogP contribution in [0.15, 0.2) is 28.8 Å². The Hall–Kier alpha value is -2.47. The van der Waals surface area contributed by atoms with Crippen molar-refractivity contribution in [1.29, 1.82) is 0 Å². The van der Waals surface area contributed by atoms with Crippen LogP contribution in [0.3, 0.4) is 0 Å². The zero-order chi connectivity index (χ0) is 16.5. The predicted molar refractivity (Wildman–Crippen MR) is 88.8 cm³/mol. The van der Waals surface area contributed by atoms with E-state index in [2.05, 4.69) is 15.1 Å². The first-order valence-electron chi connectivity index (χ1n) is 8.23. The van der Waals surface area contributed by atoms with Gasteiger partial charge in [-0.3, -0.25) is 4.79 Å². The number of nitrogens with zero attached hydrogens (tertiary/aromatic N) is 2. The summed E-state index contributed by atoms with van der Waals surface area (Å²) in [5, 5.41) is 5.11. The average Bonchev–Trinajstić information content (AvgIpc) is 3.21. The third-order valence-corrected chi connectivity index (χ3v) is 4.54. The molecule has 1 N–H and O–H groups in total. The molecule has 6 heteroatoms. The van der Waals surface area contributed by atoms with Gasteiger partial charge in [0.05, 0.1) is 0 Å². The number of ketones is 1. The number of Topliss-reactive ketones (excluding diaryl/α,β-unsaturated/α-hetero) is 1. The van der Waals surface area contributed by atoms with Crippen molar-refractivity contribution in [2.24, 2.45) is 5.92 Å². The SMILES string of the molecule is CC(=O)c1ccc2cc(-c3nc(CC4CCOCC4)no3)[nH]c2c1. The van der Waals surface area contributed by atoms with Crippen LogP contribution in [0.5, 0.6) is 0 Å². The fourth-order valence-electron chi connectivity index (χ4n) is 3.12. The molecule has 0 saturated carbocycles. The molecule has 6 nitrogen and oxygen atoms in total.